The highest BCUT2D eigenvalue weighted by Gasteiger charge is 2.27. The van der Waals surface area contributed by atoms with E-state index in [0.29, 0.717) is 12.4 Å². The Balaban J connectivity index is 1.87. The molecule has 0 radical (unpaired) electrons. The molecule has 0 atom stereocenters. The van der Waals surface area contributed by atoms with E-state index in [1.54, 1.807) is 18.2 Å². The topological polar surface area (TPSA) is 91.0 Å². The molecule has 0 saturated heterocycles. The van der Waals surface area contributed by atoms with E-state index in [-0.39, 0.29) is 27.9 Å². The lowest BCUT2D eigenvalue weighted by molar-refractivity contribution is -0.384. The maximum atomic E-state index is 12.2. The minimum absolute atomic E-state index is 0.0692. The Morgan fingerprint density at radius 1 is 1.29 bits per heavy atom. The maximum absolute atomic E-state index is 12.2. The van der Waals surface area contributed by atoms with Crippen LogP contribution in [0.2, 0.25) is 5.02 Å². The fourth-order valence-corrected chi connectivity index (χ4v) is 2.70. The smallest absolute Gasteiger partial charge is 0.363 e. The number of non-ortho nitro benzene ring substituents is 1. The maximum Gasteiger partial charge on any atom is 0.363 e. The molecule has 2 aromatic carbocycles. The minimum Gasteiger partial charge on any atom is -0.494 e. The van der Waals surface area contributed by atoms with Crippen LogP contribution >= 0.6 is 11.6 Å². The predicted molar refractivity (Wildman–Crippen MR) is 106 cm³/mol. The molecule has 0 saturated carbocycles. The van der Waals surface area contributed by atoms with Gasteiger partial charge in [0.1, 0.15) is 5.75 Å². The van der Waals surface area contributed by atoms with Crippen LogP contribution in [-0.2, 0) is 9.53 Å². The highest BCUT2D eigenvalue weighted by Crippen LogP contribution is 2.27. The van der Waals surface area contributed by atoms with Crippen LogP contribution in [0.4, 0.5) is 5.69 Å². The van der Waals surface area contributed by atoms with Crippen LogP contribution in [0, 0.1) is 10.1 Å². The van der Waals surface area contributed by atoms with Gasteiger partial charge in [-0.3, -0.25) is 10.1 Å². The van der Waals surface area contributed by atoms with Crippen molar-refractivity contribution in [3.8, 4) is 5.75 Å². The number of hydrogen-bond acceptors (Lipinski definition) is 6. The first-order chi connectivity index (χ1) is 13.5. The van der Waals surface area contributed by atoms with Gasteiger partial charge in [-0.2, -0.15) is 0 Å². The van der Waals surface area contributed by atoms with Crippen LogP contribution in [0.25, 0.3) is 6.08 Å². The SMILES string of the molecule is CCCCOc1cccc(/C=C2/N=C(c3cc([N+](=O)[O-])ccc3Cl)OC2=O)c1. The van der Waals surface area contributed by atoms with Gasteiger partial charge in [-0.15, -0.1) is 0 Å². The normalized spacial score (nSPS) is 14.7. The first-order valence-electron chi connectivity index (χ1n) is 8.67. The summed E-state index contributed by atoms with van der Waals surface area (Å²) in [6, 6.07) is 11.1. The summed E-state index contributed by atoms with van der Waals surface area (Å²) in [6.45, 7) is 2.70. The lowest BCUT2D eigenvalue weighted by Gasteiger charge is -2.05. The van der Waals surface area contributed by atoms with Crippen molar-refractivity contribution < 1.29 is 19.2 Å². The molecule has 0 fully saturated rings. The molecule has 0 aromatic heterocycles. The average molecular weight is 401 g/mol. The molecule has 0 unspecified atom stereocenters. The number of rotatable bonds is 7. The standard InChI is InChI=1S/C20H17ClN2O5/c1-2-3-9-27-15-6-4-5-13(10-15)11-18-20(24)28-19(22-18)16-12-14(23(25)26)7-8-17(16)21/h4-8,10-12H,2-3,9H2,1H3/b18-11+. The van der Waals surface area contributed by atoms with Crippen LogP contribution in [0.15, 0.2) is 53.2 Å². The lowest BCUT2D eigenvalue weighted by atomic mass is 10.2. The summed E-state index contributed by atoms with van der Waals surface area (Å²) >= 11 is 6.09. The van der Waals surface area contributed by atoms with Gasteiger partial charge in [-0.25, -0.2) is 9.79 Å². The zero-order valence-electron chi connectivity index (χ0n) is 15.1. The third kappa shape index (κ3) is 4.55. The molecule has 0 spiro atoms. The van der Waals surface area contributed by atoms with Gasteiger partial charge in [0, 0.05) is 12.1 Å². The van der Waals surface area contributed by atoms with Crippen molar-refractivity contribution in [3.63, 3.8) is 0 Å². The molecule has 3 rings (SSSR count). The summed E-state index contributed by atoms with van der Waals surface area (Å²) < 4.78 is 10.8. The summed E-state index contributed by atoms with van der Waals surface area (Å²) in [7, 11) is 0. The van der Waals surface area contributed by atoms with Crippen LogP contribution in [0.3, 0.4) is 0 Å². The van der Waals surface area contributed by atoms with Gasteiger partial charge in [-0.1, -0.05) is 37.1 Å². The van der Waals surface area contributed by atoms with E-state index in [2.05, 4.69) is 11.9 Å². The quantitative estimate of drug-likeness (QED) is 0.219. The second-order valence-electron chi connectivity index (χ2n) is 6.03. The third-order valence-electron chi connectivity index (χ3n) is 3.94. The molecule has 1 heterocycles. The number of unbranched alkanes of at least 4 members (excludes halogenated alkanes) is 1. The third-order valence-corrected chi connectivity index (χ3v) is 4.27. The molecule has 0 bridgehead atoms. The van der Waals surface area contributed by atoms with Crippen molar-refractivity contribution >= 4 is 35.2 Å². The molecule has 0 amide bonds. The van der Waals surface area contributed by atoms with Gasteiger partial charge in [-0.05, 0) is 36.3 Å². The van der Waals surface area contributed by atoms with E-state index in [0.717, 1.165) is 18.4 Å². The second kappa shape index (κ2) is 8.67. The van der Waals surface area contributed by atoms with Gasteiger partial charge in [0.15, 0.2) is 5.70 Å². The number of hydrogen-bond donors (Lipinski definition) is 0. The van der Waals surface area contributed by atoms with Crippen LogP contribution in [0.1, 0.15) is 30.9 Å². The summed E-state index contributed by atoms with van der Waals surface area (Å²) in [4.78, 5) is 26.7. The number of nitrogens with zero attached hydrogens (tertiary/aromatic N) is 2. The molecule has 1 aliphatic rings. The van der Waals surface area contributed by atoms with Gasteiger partial charge in [0.2, 0.25) is 5.90 Å². The van der Waals surface area contributed by atoms with Crippen molar-refractivity contribution in [2.24, 2.45) is 4.99 Å². The molecular formula is C20H17ClN2O5. The zero-order chi connectivity index (χ0) is 20.1. The van der Waals surface area contributed by atoms with Crippen molar-refractivity contribution in [1.82, 2.24) is 0 Å². The van der Waals surface area contributed by atoms with Crippen LogP contribution in [0.5, 0.6) is 5.75 Å². The monoisotopic (exact) mass is 400 g/mol. The summed E-state index contributed by atoms with van der Waals surface area (Å²) in [6.07, 6.45) is 3.55. The van der Waals surface area contributed by atoms with E-state index in [1.165, 1.54) is 18.2 Å². The number of esters is 1. The van der Waals surface area contributed by atoms with Gasteiger partial charge < -0.3 is 9.47 Å². The first-order valence-corrected chi connectivity index (χ1v) is 9.05. The van der Waals surface area contributed by atoms with Crippen molar-refractivity contribution in [1.29, 1.82) is 0 Å². The van der Waals surface area contributed by atoms with Crippen molar-refractivity contribution in [2.75, 3.05) is 6.61 Å². The Kier molecular flexibility index (Phi) is 6.06. The first kappa shape index (κ1) is 19.6. The van der Waals surface area contributed by atoms with E-state index in [1.807, 2.05) is 12.1 Å². The summed E-state index contributed by atoms with van der Waals surface area (Å²) in [5.74, 6) is -0.0322. The molecule has 1 aliphatic heterocycles. The Morgan fingerprint density at radius 2 is 2.11 bits per heavy atom. The number of ether oxygens (including phenoxy) is 2. The number of nitro groups is 1. The Hall–Kier alpha value is -3.19. The van der Waals surface area contributed by atoms with Gasteiger partial charge in [0.05, 0.1) is 22.1 Å². The number of cyclic esters (lactones) is 1. The minimum atomic E-state index is -0.658. The lowest BCUT2D eigenvalue weighted by Crippen LogP contribution is -2.06. The fraction of sp³-hybridized carbons (Fsp3) is 0.200. The Morgan fingerprint density at radius 3 is 2.86 bits per heavy atom. The highest BCUT2D eigenvalue weighted by molar-refractivity contribution is 6.34. The number of carbonyl (C=O) groups excluding carboxylic acids is 1. The van der Waals surface area contributed by atoms with E-state index in [4.69, 9.17) is 21.1 Å². The van der Waals surface area contributed by atoms with Crippen molar-refractivity contribution in [2.45, 2.75) is 19.8 Å². The summed E-state index contributed by atoms with van der Waals surface area (Å²) in [5.41, 5.74) is 0.802. The van der Waals surface area contributed by atoms with Crippen LogP contribution < -0.4 is 4.74 Å². The summed E-state index contributed by atoms with van der Waals surface area (Å²) in [5, 5.41) is 11.2. The molecule has 28 heavy (non-hydrogen) atoms. The number of carbonyl (C=O) groups is 1. The number of aliphatic imine (C=N–C) groups is 1. The molecule has 0 aliphatic carbocycles. The van der Waals surface area contributed by atoms with E-state index >= 15 is 0 Å². The predicted octanol–water partition coefficient (Wildman–Crippen LogP) is 4.77. The van der Waals surface area contributed by atoms with E-state index < -0.39 is 10.9 Å². The highest BCUT2D eigenvalue weighted by atomic mass is 35.5. The van der Waals surface area contributed by atoms with Gasteiger partial charge >= 0.3 is 5.97 Å². The average Bonchev–Trinajstić information content (AvgIpc) is 3.02. The van der Waals surface area contributed by atoms with Crippen molar-refractivity contribution in [3.05, 3.63) is 74.4 Å². The largest absolute Gasteiger partial charge is 0.494 e. The Labute approximate surface area is 166 Å². The van der Waals surface area contributed by atoms with Crippen LogP contribution in [-0.4, -0.2) is 23.4 Å². The van der Waals surface area contributed by atoms with Gasteiger partial charge in [0.25, 0.3) is 5.69 Å². The fourth-order valence-electron chi connectivity index (χ4n) is 2.50. The molecule has 8 heteroatoms. The molecule has 2 aromatic rings. The number of nitro benzene ring substituents is 1. The molecule has 0 N–H and O–H groups in total. The zero-order valence-corrected chi connectivity index (χ0v) is 15.8. The number of benzene rings is 2. The number of halogens is 1. The van der Waals surface area contributed by atoms with E-state index in [9.17, 15) is 14.9 Å². The Bertz CT molecular complexity index is 984. The molecule has 7 nitrogen and oxygen atoms in total. The molecular weight excluding hydrogens is 384 g/mol. The molecule has 144 valence electrons. The second-order valence-corrected chi connectivity index (χ2v) is 6.44.